The number of rotatable bonds is 6. The third kappa shape index (κ3) is 3.79. The number of fused-ring (bicyclic) bond motifs is 1. The van der Waals surface area contributed by atoms with Gasteiger partial charge in [-0.25, -0.2) is 19.9 Å². The summed E-state index contributed by atoms with van der Waals surface area (Å²) in [4.78, 5) is 22.5. The quantitative estimate of drug-likeness (QED) is 0.363. The Morgan fingerprint density at radius 2 is 1.94 bits per heavy atom. The van der Waals surface area contributed by atoms with Gasteiger partial charge in [-0.2, -0.15) is 5.26 Å². The molecule has 172 valence electrons. The second kappa shape index (κ2) is 8.33. The lowest BCUT2D eigenvalue weighted by Crippen LogP contribution is -1.99. The minimum atomic E-state index is 0.385. The summed E-state index contributed by atoms with van der Waals surface area (Å²) in [7, 11) is 3.47. The van der Waals surface area contributed by atoms with E-state index >= 15 is 0 Å². The fraction of sp³-hybridized carbons (Fsp3) is 0.231. The van der Waals surface area contributed by atoms with Crippen LogP contribution in [0.1, 0.15) is 41.4 Å². The zero-order valence-electron chi connectivity index (χ0n) is 19.3. The van der Waals surface area contributed by atoms with E-state index < -0.39 is 0 Å². The number of hydrogen-bond acceptors (Lipinski definition) is 8. The Morgan fingerprint density at radius 1 is 1.11 bits per heavy atom. The van der Waals surface area contributed by atoms with E-state index in [1.165, 1.54) is 6.33 Å². The molecule has 0 radical (unpaired) electrons. The summed E-state index contributed by atoms with van der Waals surface area (Å²) in [5, 5.41) is 9.11. The first-order valence-electron chi connectivity index (χ1n) is 11.3. The average molecular weight is 464 g/mol. The number of methoxy groups -OCH3 is 1. The van der Waals surface area contributed by atoms with Crippen LogP contribution in [0.4, 0.5) is 0 Å². The van der Waals surface area contributed by atoms with Crippen LogP contribution < -0.4 is 4.74 Å². The van der Waals surface area contributed by atoms with E-state index in [1.807, 2.05) is 41.9 Å². The predicted molar refractivity (Wildman–Crippen MR) is 128 cm³/mol. The van der Waals surface area contributed by atoms with Crippen LogP contribution >= 0.6 is 0 Å². The molecule has 0 atom stereocenters. The van der Waals surface area contributed by atoms with Crippen molar-refractivity contribution in [1.82, 2.24) is 29.5 Å². The molecule has 4 heterocycles. The zero-order chi connectivity index (χ0) is 23.9. The molecule has 1 aliphatic rings. The van der Waals surface area contributed by atoms with Gasteiger partial charge in [0.25, 0.3) is 0 Å². The Morgan fingerprint density at radius 3 is 2.66 bits per heavy atom. The Hall–Kier alpha value is -4.58. The highest BCUT2D eigenvalue weighted by Crippen LogP contribution is 2.45. The van der Waals surface area contributed by atoms with Crippen molar-refractivity contribution in [2.75, 3.05) is 7.11 Å². The molecule has 1 aliphatic carbocycles. The molecular weight excluding hydrogens is 442 g/mol. The fourth-order valence-corrected chi connectivity index (χ4v) is 4.30. The lowest BCUT2D eigenvalue weighted by molar-refractivity contribution is 0.396. The lowest BCUT2D eigenvalue weighted by atomic mass is 10.1. The maximum absolute atomic E-state index is 9.11. The van der Waals surface area contributed by atoms with E-state index in [0.29, 0.717) is 35.4 Å². The van der Waals surface area contributed by atoms with Crippen molar-refractivity contribution >= 4 is 11.1 Å². The van der Waals surface area contributed by atoms with Gasteiger partial charge in [-0.15, -0.1) is 0 Å². The van der Waals surface area contributed by atoms with Gasteiger partial charge in [-0.3, -0.25) is 4.98 Å². The number of aromatic nitrogens is 6. The van der Waals surface area contributed by atoms with Crippen LogP contribution in [0.15, 0.2) is 53.5 Å². The summed E-state index contributed by atoms with van der Waals surface area (Å²) in [6.45, 7) is 0. The molecule has 0 amide bonds. The molecule has 1 aromatic carbocycles. The first kappa shape index (κ1) is 21.0. The summed E-state index contributed by atoms with van der Waals surface area (Å²) < 4.78 is 13.6. The molecule has 4 aromatic heterocycles. The Balaban J connectivity index is 1.34. The maximum atomic E-state index is 9.11. The highest BCUT2D eigenvalue weighted by atomic mass is 16.5. The highest BCUT2D eigenvalue weighted by Gasteiger charge is 2.32. The smallest absolute Gasteiger partial charge is 0.234 e. The lowest BCUT2D eigenvalue weighted by Gasteiger charge is -2.08. The zero-order valence-corrected chi connectivity index (χ0v) is 19.3. The second-order valence-corrected chi connectivity index (χ2v) is 8.59. The number of aryl methyl sites for hydroxylation is 1. The summed E-state index contributed by atoms with van der Waals surface area (Å²) >= 11 is 0. The van der Waals surface area contributed by atoms with Crippen LogP contribution in [0.5, 0.6) is 5.88 Å². The van der Waals surface area contributed by atoms with Gasteiger partial charge in [-0.1, -0.05) is 24.3 Å². The molecule has 0 saturated heterocycles. The molecular formula is C26H21N7O2. The molecule has 9 heteroatoms. The molecule has 6 rings (SSSR count). The molecule has 0 aliphatic heterocycles. The Bertz CT molecular complexity index is 1590. The third-order valence-electron chi connectivity index (χ3n) is 6.17. The van der Waals surface area contributed by atoms with E-state index in [1.54, 1.807) is 19.5 Å². The van der Waals surface area contributed by atoms with Gasteiger partial charge < -0.3 is 13.7 Å². The van der Waals surface area contributed by atoms with Gasteiger partial charge in [0.05, 0.1) is 18.5 Å². The average Bonchev–Trinajstić information content (AvgIpc) is 3.53. The number of pyridine rings is 1. The van der Waals surface area contributed by atoms with Crippen molar-refractivity contribution in [3.05, 3.63) is 71.7 Å². The molecule has 1 saturated carbocycles. The number of imidazole rings is 1. The van der Waals surface area contributed by atoms with Gasteiger partial charge in [0.2, 0.25) is 11.8 Å². The Labute approximate surface area is 201 Å². The number of nitriles is 1. The first-order chi connectivity index (χ1) is 17.1. The predicted octanol–water partition coefficient (Wildman–Crippen LogP) is 4.43. The van der Waals surface area contributed by atoms with Gasteiger partial charge in [0.1, 0.15) is 29.3 Å². The van der Waals surface area contributed by atoms with Crippen LogP contribution in [0.3, 0.4) is 0 Å². The minimum Gasteiger partial charge on any atom is -0.480 e. The van der Waals surface area contributed by atoms with Crippen molar-refractivity contribution in [3.8, 4) is 34.8 Å². The summed E-state index contributed by atoms with van der Waals surface area (Å²) in [5.41, 5.74) is 6.21. The third-order valence-corrected chi connectivity index (χ3v) is 6.17. The molecule has 1 fully saturated rings. The van der Waals surface area contributed by atoms with Gasteiger partial charge in [-0.05, 0) is 24.5 Å². The van der Waals surface area contributed by atoms with Crippen LogP contribution in [0.2, 0.25) is 0 Å². The van der Waals surface area contributed by atoms with Crippen LogP contribution in [0, 0.1) is 11.3 Å². The number of ether oxygens (including phenoxy) is 1. The van der Waals surface area contributed by atoms with E-state index in [0.717, 1.165) is 52.3 Å². The molecule has 0 N–H and O–H groups in total. The van der Waals surface area contributed by atoms with Crippen LogP contribution in [-0.2, 0) is 13.5 Å². The maximum Gasteiger partial charge on any atom is 0.234 e. The molecule has 0 unspecified atom stereocenters. The van der Waals surface area contributed by atoms with E-state index in [9.17, 15) is 0 Å². The summed E-state index contributed by atoms with van der Waals surface area (Å²) in [6, 6.07) is 12.0. The van der Waals surface area contributed by atoms with Gasteiger partial charge >= 0.3 is 0 Å². The van der Waals surface area contributed by atoms with E-state index in [-0.39, 0.29) is 0 Å². The molecule has 35 heavy (non-hydrogen) atoms. The number of benzene rings is 1. The highest BCUT2D eigenvalue weighted by molar-refractivity contribution is 5.79. The SMILES string of the molecule is COc1ncnc(C2CC2)c1-c1nc2ccnc(Cc3ccc(-c4nc(C#N)cn4C)cc3)c2o1. The normalized spacial score (nSPS) is 13.2. The number of hydrogen-bond donors (Lipinski definition) is 0. The minimum absolute atomic E-state index is 0.385. The first-order valence-corrected chi connectivity index (χ1v) is 11.3. The van der Waals surface area contributed by atoms with Crippen molar-refractivity contribution in [1.29, 1.82) is 5.26 Å². The summed E-state index contributed by atoms with van der Waals surface area (Å²) in [5.74, 6) is 2.05. The standard InChI is InChI=1S/C26H21N7O2/c1-33-13-18(12-27)31-24(33)17-5-3-15(4-6-17)11-20-23-19(9-10-28-20)32-26(35-23)21-22(16-7-8-16)29-14-30-25(21)34-2/h3-6,9-10,13-14,16H,7-8,11H2,1-2H3. The largest absolute Gasteiger partial charge is 0.480 e. The Kier molecular flexibility index (Phi) is 4.99. The molecule has 0 bridgehead atoms. The fourth-order valence-electron chi connectivity index (χ4n) is 4.30. The van der Waals surface area contributed by atoms with Crippen molar-refractivity contribution in [2.24, 2.45) is 7.05 Å². The number of nitrogens with zero attached hydrogens (tertiary/aromatic N) is 7. The number of oxazole rings is 1. The molecule has 5 aromatic rings. The topological polar surface area (TPSA) is 116 Å². The summed E-state index contributed by atoms with van der Waals surface area (Å²) in [6.07, 6.45) is 7.75. The van der Waals surface area contributed by atoms with Crippen LogP contribution in [-0.4, -0.2) is 36.6 Å². The molecule has 0 spiro atoms. The molecule has 9 nitrogen and oxygen atoms in total. The van der Waals surface area contributed by atoms with Gasteiger partial charge in [0, 0.05) is 37.3 Å². The van der Waals surface area contributed by atoms with Crippen molar-refractivity contribution < 1.29 is 9.15 Å². The monoisotopic (exact) mass is 463 g/mol. The van der Waals surface area contributed by atoms with E-state index in [2.05, 4.69) is 26.0 Å². The van der Waals surface area contributed by atoms with E-state index in [4.69, 9.17) is 19.4 Å². The second-order valence-electron chi connectivity index (χ2n) is 8.59. The van der Waals surface area contributed by atoms with Crippen LogP contribution in [0.25, 0.3) is 33.9 Å². The van der Waals surface area contributed by atoms with Crippen molar-refractivity contribution in [2.45, 2.75) is 25.2 Å². The van der Waals surface area contributed by atoms with Crippen molar-refractivity contribution in [3.63, 3.8) is 0 Å². The van der Waals surface area contributed by atoms with Gasteiger partial charge in [0.15, 0.2) is 11.3 Å².